The maximum absolute atomic E-state index is 10.6. The predicted molar refractivity (Wildman–Crippen MR) is 56.4 cm³/mol. The van der Waals surface area contributed by atoms with Crippen LogP contribution in [0.2, 0.25) is 0 Å². The molecule has 0 aliphatic rings. The number of nitro benzene ring substituents is 1. The number of nitrogens with zero attached hydrogens (tertiary/aromatic N) is 1. The number of benzene rings is 1. The Morgan fingerprint density at radius 3 is 2.79 bits per heavy atom. The van der Waals surface area contributed by atoms with Crippen molar-refractivity contribution in [3.8, 4) is 0 Å². The van der Waals surface area contributed by atoms with Crippen LogP contribution in [-0.2, 0) is 6.42 Å². The van der Waals surface area contributed by atoms with Gasteiger partial charge in [-0.3, -0.25) is 15.5 Å². The molecule has 1 rings (SSSR count). The van der Waals surface area contributed by atoms with Crippen LogP contribution in [0.25, 0.3) is 0 Å². The highest BCUT2D eigenvalue weighted by Crippen LogP contribution is 2.28. The minimum absolute atomic E-state index is 0.0104. The van der Waals surface area contributed by atoms with Crippen molar-refractivity contribution in [1.82, 2.24) is 0 Å². The van der Waals surface area contributed by atoms with E-state index in [0.29, 0.717) is 10.0 Å². The van der Waals surface area contributed by atoms with Crippen LogP contribution in [0.3, 0.4) is 0 Å². The van der Waals surface area contributed by atoms with Crippen molar-refractivity contribution in [1.29, 1.82) is 5.41 Å². The molecule has 1 aromatic carbocycles. The van der Waals surface area contributed by atoms with Gasteiger partial charge in [0.15, 0.2) is 0 Å². The number of hydrogen-bond acceptors (Lipinski definition) is 3. The Labute approximate surface area is 88.7 Å². The van der Waals surface area contributed by atoms with Gasteiger partial charge >= 0.3 is 0 Å². The van der Waals surface area contributed by atoms with Crippen molar-refractivity contribution in [2.75, 3.05) is 0 Å². The van der Waals surface area contributed by atoms with E-state index in [0.717, 1.165) is 0 Å². The maximum Gasteiger partial charge on any atom is 0.283 e. The summed E-state index contributed by atoms with van der Waals surface area (Å²) in [5.74, 6) is -0.0220. The fourth-order valence-corrected chi connectivity index (χ4v) is 1.60. The van der Waals surface area contributed by atoms with Crippen molar-refractivity contribution >= 4 is 27.5 Å². The molecule has 0 aromatic heterocycles. The third-order valence-corrected chi connectivity index (χ3v) is 2.55. The van der Waals surface area contributed by atoms with E-state index in [1.54, 1.807) is 12.1 Å². The number of nitro groups is 1. The monoisotopic (exact) mass is 257 g/mol. The lowest BCUT2D eigenvalue weighted by Crippen LogP contribution is -2.13. The largest absolute Gasteiger partial charge is 0.387 e. The van der Waals surface area contributed by atoms with Gasteiger partial charge in [-0.2, -0.15) is 0 Å². The Balaban J connectivity index is 3.13. The van der Waals surface area contributed by atoms with Gasteiger partial charge in [-0.25, -0.2) is 0 Å². The third-order valence-electron chi connectivity index (χ3n) is 1.64. The summed E-state index contributed by atoms with van der Waals surface area (Å²) in [4.78, 5) is 10.1. The molecule has 3 N–H and O–H groups in total. The normalized spacial score (nSPS) is 9.79. The Morgan fingerprint density at radius 1 is 1.64 bits per heavy atom. The first-order chi connectivity index (χ1) is 6.52. The second kappa shape index (κ2) is 4.19. The summed E-state index contributed by atoms with van der Waals surface area (Å²) in [5, 5.41) is 17.6. The lowest BCUT2D eigenvalue weighted by atomic mass is 10.1. The molecule has 0 radical (unpaired) electrons. The zero-order chi connectivity index (χ0) is 10.7. The van der Waals surface area contributed by atoms with Crippen molar-refractivity contribution in [2.24, 2.45) is 5.73 Å². The van der Waals surface area contributed by atoms with Gasteiger partial charge in [0, 0.05) is 12.5 Å². The van der Waals surface area contributed by atoms with Crippen molar-refractivity contribution < 1.29 is 4.92 Å². The van der Waals surface area contributed by atoms with E-state index >= 15 is 0 Å². The number of nitrogens with one attached hydrogen (secondary N) is 1. The molecule has 0 spiro atoms. The molecule has 74 valence electrons. The van der Waals surface area contributed by atoms with Crippen LogP contribution in [-0.4, -0.2) is 10.8 Å². The van der Waals surface area contributed by atoms with Gasteiger partial charge < -0.3 is 5.73 Å². The standard InChI is InChI=1S/C8H8BrN3O2/c9-8-5(4-7(10)11)2-1-3-6(8)12(13)14/h1-3H,4H2,(H3,10,11). The minimum atomic E-state index is -0.478. The minimum Gasteiger partial charge on any atom is -0.387 e. The number of rotatable bonds is 3. The first-order valence-electron chi connectivity index (χ1n) is 3.77. The van der Waals surface area contributed by atoms with Gasteiger partial charge in [0.1, 0.15) is 0 Å². The molecule has 0 heterocycles. The summed E-state index contributed by atoms with van der Waals surface area (Å²) >= 11 is 3.12. The molecular formula is C8H8BrN3O2. The van der Waals surface area contributed by atoms with E-state index in [9.17, 15) is 10.1 Å². The summed E-state index contributed by atoms with van der Waals surface area (Å²) in [6.45, 7) is 0. The topological polar surface area (TPSA) is 93.0 Å². The molecule has 5 nitrogen and oxygen atoms in total. The predicted octanol–water partition coefficient (Wildman–Crippen LogP) is 1.84. The van der Waals surface area contributed by atoms with Crippen molar-refractivity contribution in [2.45, 2.75) is 6.42 Å². The van der Waals surface area contributed by atoms with Gasteiger partial charge in [0.25, 0.3) is 5.69 Å². The SMILES string of the molecule is N=C(N)Cc1cccc([N+](=O)[O-])c1Br. The molecule has 6 heteroatoms. The van der Waals surface area contributed by atoms with Crippen LogP contribution in [0.5, 0.6) is 0 Å². The first kappa shape index (κ1) is 10.6. The highest BCUT2D eigenvalue weighted by atomic mass is 79.9. The Morgan fingerprint density at radius 2 is 2.29 bits per heavy atom. The Kier molecular flexibility index (Phi) is 3.19. The van der Waals surface area contributed by atoms with E-state index in [4.69, 9.17) is 11.1 Å². The van der Waals surface area contributed by atoms with Crippen LogP contribution in [0, 0.1) is 15.5 Å². The molecule has 14 heavy (non-hydrogen) atoms. The van der Waals surface area contributed by atoms with Crippen LogP contribution >= 0.6 is 15.9 Å². The highest BCUT2D eigenvalue weighted by Gasteiger charge is 2.14. The van der Waals surface area contributed by atoms with Crippen molar-refractivity contribution in [3.63, 3.8) is 0 Å². The molecule has 0 saturated heterocycles. The summed E-state index contributed by atoms with van der Waals surface area (Å²) in [5.41, 5.74) is 5.85. The summed E-state index contributed by atoms with van der Waals surface area (Å²) in [6, 6.07) is 4.66. The Hall–Kier alpha value is -1.43. The molecular weight excluding hydrogens is 250 g/mol. The fraction of sp³-hybridized carbons (Fsp3) is 0.125. The average Bonchev–Trinajstić information content (AvgIpc) is 2.07. The van der Waals surface area contributed by atoms with E-state index in [2.05, 4.69) is 15.9 Å². The number of nitrogens with two attached hydrogens (primary N) is 1. The first-order valence-corrected chi connectivity index (χ1v) is 4.56. The second-order valence-corrected chi connectivity index (χ2v) is 3.50. The van der Waals surface area contributed by atoms with Gasteiger partial charge in [0.05, 0.1) is 15.2 Å². The molecule has 0 amide bonds. The molecule has 0 fully saturated rings. The number of hydrogen-bond donors (Lipinski definition) is 2. The van der Waals surface area contributed by atoms with Gasteiger partial charge in [-0.15, -0.1) is 0 Å². The highest BCUT2D eigenvalue weighted by molar-refractivity contribution is 9.10. The van der Waals surface area contributed by atoms with Gasteiger partial charge in [-0.1, -0.05) is 12.1 Å². The summed E-state index contributed by atoms with van der Waals surface area (Å²) < 4.78 is 0.389. The smallest absolute Gasteiger partial charge is 0.283 e. The van der Waals surface area contributed by atoms with E-state index in [1.807, 2.05) is 0 Å². The van der Waals surface area contributed by atoms with E-state index < -0.39 is 4.92 Å². The Bertz CT molecular complexity index is 392. The maximum atomic E-state index is 10.6. The van der Waals surface area contributed by atoms with Crippen molar-refractivity contribution in [3.05, 3.63) is 38.3 Å². The zero-order valence-corrected chi connectivity index (χ0v) is 8.74. The number of amidine groups is 1. The molecule has 0 aliphatic heterocycles. The lowest BCUT2D eigenvalue weighted by molar-refractivity contribution is -0.385. The molecule has 0 bridgehead atoms. The van der Waals surface area contributed by atoms with E-state index in [1.165, 1.54) is 6.07 Å². The zero-order valence-electron chi connectivity index (χ0n) is 7.16. The summed E-state index contributed by atoms with van der Waals surface area (Å²) in [6.07, 6.45) is 0.211. The molecule has 1 aromatic rings. The molecule has 0 unspecified atom stereocenters. The fourth-order valence-electron chi connectivity index (χ4n) is 1.05. The molecule has 0 atom stereocenters. The summed E-state index contributed by atoms with van der Waals surface area (Å²) in [7, 11) is 0. The third kappa shape index (κ3) is 2.29. The average molecular weight is 258 g/mol. The second-order valence-electron chi connectivity index (χ2n) is 2.71. The van der Waals surface area contributed by atoms with Crippen LogP contribution in [0.1, 0.15) is 5.56 Å². The van der Waals surface area contributed by atoms with E-state index in [-0.39, 0.29) is 17.9 Å². The number of halogens is 1. The quantitative estimate of drug-likeness (QED) is 0.375. The van der Waals surface area contributed by atoms with Gasteiger partial charge in [0.2, 0.25) is 0 Å². The van der Waals surface area contributed by atoms with Crippen LogP contribution in [0.15, 0.2) is 22.7 Å². The van der Waals surface area contributed by atoms with Crippen LogP contribution in [0.4, 0.5) is 5.69 Å². The molecule has 0 saturated carbocycles. The van der Waals surface area contributed by atoms with Crippen LogP contribution < -0.4 is 5.73 Å². The van der Waals surface area contributed by atoms with Gasteiger partial charge in [-0.05, 0) is 21.5 Å². The lowest BCUT2D eigenvalue weighted by Gasteiger charge is -2.02. The molecule has 0 aliphatic carbocycles.